The third-order valence-corrected chi connectivity index (χ3v) is 4.57. The molecule has 1 nitrogen and oxygen atoms in total. The van der Waals surface area contributed by atoms with Crippen molar-refractivity contribution < 1.29 is 4.74 Å². The van der Waals surface area contributed by atoms with Crippen LogP contribution in [0.5, 0.6) is 5.75 Å². The lowest BCUT2D eigenvalue weighted by atomic mass is 10.0. The van der Waals surface area contributed by atoms with Gasteiger partial charge in [0.2, 0.25) is 0 Å². The molecular formula is C17H17BrCl2O. The van der Waals surface area contributed by atoms with E-state index in [1.807, 2.05) is 43.3 Å². The van der Waals surface area contributed by atoms with Crippen LogP contribution in [0.15, 0.2) is 40.9 Å². The molecule has 0 radical (unpaired) electrons. The van der Waals surface area contributed by atoms with Gasteiger partial charge in [-0.25, -0.2) is 0 Å². The number of hydrogen-bond donors (Lipinski definition) is 0. The molecule has 0 amide bonds. The standard InChI is InChI=1S/C17H17BrCl2O/c1-3-8-21-16-7-5-12(10-14(16)18)17(20)13-6-4-11(2)9-15(13)19/h4-7,9-10,17H,3,8H2,1-2H3. The Labute approximate surface area is 144 Å². The van der Waals surface area contributed by atoms with E-state index < -0.39 is 0 Å². The molecule has 0 aliphatic heterocycles. The Morgan fingerprint density at radius 1 is 1.19 bits per heavy atom. The maximum Gasteiger partial charge on any atom is 0.133 e. The molecule has 0 saturated heterocycles. The predicted molar refractivity (Wildman–Crippen MR) is 93.8 cm³/mol. The zero-order valence-corrected chi connectivity index (χ0v) is 15.1. The number of alkyl halides is 1. The second-order valence-corrected chi connectivity index (χ2v) is 6.62. The Balaban J connectivity index is 2.27. The van der Waals surface area contributed by atoms with Gasteiger partial charge in [-0.15, -0.1) is 11.6 Å². The minimum Gasteiger partial charge on any atom is -0.492 e. The van der Waals surface area contributed by atoms with Gasteiger partial charge in [-0.1, -0.05) is 36.7 Å². The molecule has 1 atom stereocenters. The summed E-state index contributed by atoms with van der Waals surface area (Å²) in [5, 5.41) is 0.409. The predicted octanol–water partition coefficient (Wildman–Crippen LogP) is 6.53. The highest BCUT2D eigenvalue weighted by atomic mass is 79.9. The molecule has 2 rings (SSSR count). The van der Waals surface area contributed by atoms with Crippen LogP contribution >= 0.6 is 39.1 Å². The summed E-state index contributed by atoms with van der Waals surface area (Å²) in [6.07, 6.45) is 0.977. The monoisotopic (exact) mass is 386 g/mol. The number of aryl methyl sites for hydroxylation is 1. The topological polar surface area (TPSA) is 9.23 Å². The summed E-state index contributed by atoms with van der Waals surface area (Å²) in [6.45, 7) is 4.79. The first kappa shape index (κ1) is 16.7. The third-order valence-electron chi connectivity index (χ3n) is 3.14. The molecule has 0 aromatic heterocycles. The molecular weight excluding hydrogens is 371 g/mol. The summed E-state index contributed by atoms with van der Waals surface area (Å²) in [7, 11) is 0. The smallest absolute Gasteiger partial charge is 0.133 e. The van der Waals surface area contributed by atoms with E-state index in [0.29, 0.717) is 11.6 Å². The molecule has 0 bridgehead atoms. The molecule has 2 aromatic carbocycles. The zero-order chi connectivity index (χ0) is 15.4. The van der Waals surface area contributed by atoms with Crippen molar-refractivity contribution in [2.75, 3.05) is 6.61 Å². The van der Waals surface area contributed by atoms with Crippen LogP contribution < -0.4 is 4.74 Å². The lowest BCUT2D eigenvalue weighted by molar-refractivity contribution is 0.315. The van der Waals surface area contributed by atoms with E-state index in [0.717, 1.165) is 33.3 Å². The van der Waals surface area contributed by atoms with Gasteiger partial charge in [0.05, 0.1) is 16.5 Å². The summed E-state index contributed by atoms with van der Waals surface area (Å²) < 4.78 is 6.55. The fourth-order valence-corrected chi connectivity index (χ4v) is 3.26. The van der Waals surface area contributed by atoms with Crippen LogP contribution in [-0.4, -0.2) is 6.61 Å². The molecule has 0 N–H and O–H groups in total. The van der Waals surface area contributed by atoms with Crippen molar-refractivity contribution >= 4 is 39.1 Å². The number of halogens is 3. The highest BCUT2D eigenvalue weighted by Gasteiger charge is 2.15. The average Bonchev–Trinajstić information content (AvgIpc) is 2.45. The van der Waals surface area contributed by atoms with Gasteiger partial charge in [-0.3, -0.25) is 0 Å². The molecule has 1 unspecified atom stereocenters. The Morgan fingerprint density at radius 3 is 2.57 bits per heavy atom. The first-order chi connectivity index (χ1) is 10.0. The Morgan fingerprint density at radius 2 is 1.95 bits per heavy atom. The lowest BCUT2D eigenvalue weighted by Crippen LogP contribution is -1.98. The van der Waals surface area contributed by atoms with Crippen LogP contribution in [0.1, 0.15) is 35.4 Å². The van der Waals surface area contributed by atoms with Crippen LogP contribution in [-0.2, 0) is 0 Å². The van der Waals surface area contributed by atoms with E-state index >= 15 is 0 Å². The van der Waals surface area contributed by atoms with Gasteiger partial charge in [-0.05, 0) is 64.2 Å². The van der Waals surface area contributed by atoms with Crippen LogP contribution in [0.3, 0.4) is 0 Å². The van der Waals surface area contributed by atoms with Crippen LogP contribution in [0.25, 0.3) is 0 Å². The van der Waals surface area contributed by atoms with E-state index in [-0.39, 0.29) is 5.38 Å². The molecule has 112 valence electrons. The van der Waals surface area contributed by atoms with E-state index in [2.05, 4.69) is 22.9 Å². The van der Waals surface area contributed by atoms with Gasteiger partial charge in [0.15, 0.2) is 0 Å². The van der Waals surface area contributed by atoms with Gasteiger partial charge in [0.25, 0.3) is 0 Å². The summed E-state index contributed by atoms with van der Waals surface area (Å²) >= 11 is 16.4. The minimum atomic E-state index is -0.283. The van der Waals surface area contributed by atoms with Crippen molar-refractivity contribution in [3.63, 3.8) is 0 Å². The lowest BCUT2D eigenvalue weighted by Gasteiger charge is -2.15. The maximum atomic E-state index is 6.57. The Bertz CT molecular complexity index is 628. The van der Waals surface area contributed by atoms with E-state index in [4.69, 9.17) is 27.9 Å². The highest BCUT2D eigenvalue weighted by molar-refractivity contribution is 9.10. The van der Waals surface area contributed by atoms with E-state index in [1.54, 1.807) is 0 Å². The number of hydrogen-bond acceptors (Lipinski definition) is 1. The average molecular weight is 388 g/mol. The summed E-state index contributed by atoms with van der Waals surface area (Å²) in [4.78, 5) is 0. The van der Waals surface area contributed by atoms with Gasteiger partial charge in [-0.2, -0.15) is 0 Å². The van der Waals surface area contributed by atoms with Gasteiger partial charge in [0, 0.05) is 5.02 Å². The van der Waals surface area contributed by atoms with Crippen molar-refractivity contribution in [3.05, 3.63) is 62.6 Å². The molecule has 21 heavy (non-hydrogen) atoms. The Kier molecular flexibility index (Phi) is 5.98. The summed E-state index contributed by atoms with van der Waals surface area (Å²) in [5.41, 5.74) is 3.02. The zero-order valence-electron chi connectivity index (χ0n) is 12.0. The third kappa shape index (κ3) is 4.15. The first-order valence-corrected chi connectivity index (χ1v) is 8.46. The van der Waals surface area contributed by atoms with Gasteiger partial charge < -0.3 is 4.74 Å². The van der Waals surface area contributed by atoms with Gasteiger partial charge >= 0.3 is 0 Å². The summed E-state index contributed by atoms with van der Waals surface area (Å²) in [6, 6.07) is 11.8. The number of ether oxygens (including phenoxy) is 1. The number of rotatable bonds is 5. The minimum absolute atomic E-state index is 0.283. The molecule has 0 aliphatic carbocycles. The normalized spacial score (nSPS) is 12.2. The van der Waals surface area contributed by atoms with Crippen LogP contribution in [0.4, 0.5) is 0 Å². The molecule has 0 heterocycles. The van der Waals surface area contributed by atoms with Gasteiger partial charge in [0.1, 0.15) is 5.75 Å². The fraction of sp³-hybridized carbons (Fsp3) is 0.294. The van der Waals surface area contributed by atoms with Crippen molar-refractivity contribution in [3.8, 4) is 5.75 Å². The molecule has 2 aromatic rings. The van der Waals surface area contributed by atoms with Crippen molar-refractivity contribution in [2.24, 2.45) is 0 Å². The Hall–Kier alpha value is -0.700. The van der Waals surface area contributed by atoms with Crippen molar-refractivity contribution in [1.29, 1.82) is 0 Å². The molecule has 0 spiro atoms. The van der Waals surface area contributed by atoms with Crippen LogP contribution in [0.2, 0.25) is 5.02 Å². The second kappa shape index (κ2) is 7.53. The molecule has 0 saturated carbocycles. The number of benzene rings is 2. The van der Waals surface area contributed by atoms with Crippen molar-refractivity contribution in [2.45, 2.75) is 25.6 Å². The molecule has 0 aliphatic rings. The SMILES string of the molecule is CCCOc1ccc(C(Cl)c2ccc(C)cc2Cl)cc1Br. The summed E-state index contributed by atoms with van der Waals surface area (Å²) in [5.74, 6) is 0.833. The maximum absolute atomic E-state index is 6.57. The van der Waals surface area contributed by atoms with E-state index in [1.165, 1.54) is 0 Å². The fourth-order valence-electron chi connectivity index (χ4n) is 2.02. The second-order valence-electron chi connectivity index (χ2n) is 4.93. The molecule has 4 heteroatoms. The first-order valence-electron chi connectivity index (χ1n) is 6.85. The largest absolute Gasteiger partial charge is 0.492 e. The van der Waals surface area contributed by atoms with E-state index in [9.17, 15) is 0 Å². The van der Waals surface area contributed by atoms with Crippen molar-refractivity contribution in [1.82, 2.24) is 0 Å². The highest BCUT2D eigenvalue weighted by Crippen LogP contribution is 2.37. The molecule has 0 fully saturated rings. The quantitative estimate of drug-likeness (QED) is 0.530. The van der Waals surface area contributed by atoms with Crippen LogP contribution in [0, 0.1) is 6.92 Å².